The number of carbonyl (C=O) groups is 3. The average Bonchev–Trinajstić information content (AvgIpc) is 3.15. The molecular formula is C17H19N5O4. The fraction of sp³-hybridized carbons (Fsp3) is 0.353. The van der Waals surface area contributed by atoms with E-state index in [1.54, 1.807) is 16.6 Å². The lowest BCUT2D eigenvalue weighted by Crippen LogP contribution is -2.42. The topological polar surface area (TPSA) is 106 Å². The minimum absolute atomic E-state index is 0.0323. The van der Waals surface area contributed by atoms with Gasteiger partial charge in [-0.25, -0.2) is 9.78 Å². The van der Waals surface area contributed by atoms with Gasteiger partial charge in [-0.2, -0.15) is 5.10 Å². The van der Waals surface area contributed by atoms with Crippen LogP contribution in [0, 0.1) is 6.92 Å². The molecule has 0 unspecified atom stereocenters. The Morgan fingerprint density at radius 1 is 1.31 bits per heavy atom. The van der Waals surface area contributed by atoms with Gasteiger partial charge in [0.25, 0.3) is 11.8 Å². The summed E-state index contributed by atoms with van der Waals surface area (Å²) in [6.07, 6.45) is 0.478. The fourth-order valence-electron chi connectivity index (χ4n) is 2.90. The first-order valence-corrected chi connectivity index (χ1v) is 8.09. The number of esters is 1. The van der Waals surface area contributed by atoms with E-state index in [4.69, 9.17) is 0 Å². The number of rotatable bonds is 4. The van der Waals surface area contributed by atoms with E-state index in [0.29, 0.717) is 18.8 Å². The quantitative estimate of drug-likeness (QED) is 0.796. The van der Waals surface area contributed by atoms with Crippen molar-refractivity contribution < 1.29 is 19.1 Å². The molecular weight excluding hydrogens is 338 g/mol. The Balaban J connectivity index is 1.72. The molecule has 0 radical (unpaired) electrons. The molecule has 0 aliphatic carbocycles. The number of methoxy groups -OCH3 is 1. The third-order valence-electron chi connectivity index (χ3n) is 4.14. The smallest absolute Gasteiger partial charge is 0.356 e. The molecule has 26 heavy (non-hydrogen) atoms. The largest absolute Gasteiger partial charge is 0.464 e. The number of nitrogens with one attached hydrogen (secondary N) is 1. The summed E-state index contributed by atoms with van der Waals surface area (Å²) in [5.41, 5.74) is 0.895. The van der Waals surface area contributed by atoms with Crippen molar-refractivity contribution >= 4 is 23.6 Å². The Morgan fingerprint density at radius 2 is 2.04 bits per heavy atom. The molecule has 3 rings (SSSR count). The van der Waals surface area contributed by atoms with E-state index in [9.17, 15) is 14.4 Å². The lowest BCUT2D eigenvalue weighted by atomic mass is 10.2. The molecule has 9 nitrogen and oxygen atoms in total. The van der Waals surface area contributed by atoms with Crippen LogP contribution in [0.4, 0.5) is 5.82 Å². The number of hydrogen-bond donors (Lipinski definition) is 1. The van der Waals surface area contributed by atoms with Gasteiger partial charge in [0.05, 0.1) is 12.8 Å². The molecule has 0 spiro atoms. The van der Waals surface area contributed by atoms with Gasteiger partial charge in [0, 0.05) is 19.7 Å². The first-order valence-electron chi connectivity index (χ1n) is 8.09. The second-order valence-corrected chi connectivity index (χ2v) is 5.97. The molecule has 0 bridgehead atoms. The molecule has 2 amide bonds. The molecule has 1 atom stereocenters. The van der Waals surface area contributed by atoms with E-state index < -0.39 is 17.9 Å². The third-order valence-corrected chi connectivity index (χ3v) is 4.14. The summed E-state index contributed by atoms with van der Waals surface area (Å²) in [6.45, 7) is 2.33. The van der Waals surface area contributed by atoms with Gasteiger partial charge in [-0.05, 0) is 25.5 Å². The SMILES string of the molecule is COC(=O)c1cccc(C(=O)N[C@@H]2CCN(c3cc(C)nn3C)C2=O)n1. The van der Waals surface area contributed by atoms with E-state index in [0.717, 1.165) is 5.69 Å². The molecule has 136 valence electrons. The van der Waals surface area contributed by atoms with Gasteiger partial charge in [0.1, 0.15) is 23.2 Å². The van der Waals surface area contributed by atoms with Crippen LogP contribution in [0.3, 0.4) is 0 Å². The molecule has 3 heterocycles. The highest BCUT2D eigenvalue weighted by Gasteiger charge is 2.35. The van der Waals surface area contributed by atoms with Crippen LogP contribution in [0.5, 0.6) is 0 Å². The number of aromatic nitrogens is 3. The highest BCUT2D eigenvalue weighted by Crippen LogP contribution is 2.22. The Labute approximate surface area is 150 Å². The van der Waals surface area contributed by atoms with Crippen LogP contribution in [-0.4, -0.2) is 52.2 Å². The highest BCUT2D eigenvalue weighted by molar-refractivity contribution is 6.03. The van der Waals surface area contributed by atoms with Crippen molar-refractivity contribution in [2.75, 3.05) is 18.6 Å². The van der Waals surface area contributed by atoms with Gasteiger partial charge < -0.3 is 10.1 Å². The van der Waals surface area contributed by atoms with Crippen LogP contribution < -0.4 is 10.2 Å². The number of amides is 2. The molecule has 1 aliphatic heterocycles. The van der Waals surface area contributed by atoms with Gasteiger partial charge in [0.15, 0.2) is 0 Å². The first kappa shape index (κ1) is 17.6. The maximum atomic E-state index is 12.6. The van der Waals surface area contributed by atoms with Crippen LogP contribution >= 0.6 is 0 Å². The zero-order valence-electron chi connectivity index (χ0n) is 14.7. The zero-order valence-corrected chi connectivity index (χ0v) is 14.7. The van der Waals surface area contributed by atoms with Crippen LogP contribution in [0.1, 0.15) is 33.1 Å². The molecule has 2 aromatic rings. The Hall–Kier alpha value is -3.23. The summed E-state index contributed by atoms with van der Waals surface area (Å²) in [5.74, 6) is -0.660. The maximum absolute atomic E-state index is 12.6. The van der Waals surface area contributed by atoms with E-state index in [1.807, 2.05) is 13.0 Å². The number of hydrogen-bond acceptors (Lipinski definition) is 6. The van der Waals surface area contributed by atoms with Gasteiger partial charge >= 0.3 is 5.97 Å². The lowest BCUT2D eigenvalue weighted by molar-refractivity contribution is -0.118. The number of ether oxygens (including phenoxy) is 1. The second-order valence-electron chi connectivity index (χ2n) is 5.97. The molecule has 0 aromatic carbocycles. The van der Waals surface area contributed by atoms with Crippen molar-refractivity contribution in [2.24, 2.45) is 7.05 Å². The number of anilines is 1. The maximum Gasteiger partial charge on any atom is 0.356 e. The predicted octanol–water partition coefficient (Wildman–Crippen LogP) is 0.445. The molecule has 9 heteroatoms. The number of pyridine rings is 1. The van der Waals surface area contributed by atoms with Crippen molar-refractivity contribution in [3.05, 3.63) is 41.3 Å². The van der Waals surface area contributed by atoms with Gasteiger partial charge in [-0.15, -0.1) is 0 Å². The predicted molar refractivity (Wildman–Crippen MR) is 91.7 cm³/mol. The van der Waals surface area contributed by atoms with Gasteiger partial charge in [0.2, 0.25) is 0 Å². The third kappa shape index (κ3) is 3.28. The Kier molecular flexibility index (Phi) is 4.70. The van der Waals surface area contributed by atoms with E-state index >= 15 is 0 Å². The standard InChI is InChI=1S/C17H19N5O4/c1-10-9-14(21(2)20-10)22-8-7-12(16(22)24)19-15(23)11-5-4-6-13(18-11)17(25)26-3/h4-6,9,12H,7-8H2,1-3H3,(H,19,23)/t12-/m1/s1. The molecule has 1 N–H and O–H groups in total. The van der Waals surface area contributed by atoms with Gasteiger partial charge in [-0.1, -0.05) is 6.07 Å². The monoisotopic (exact) mass is 357 g/mol. The summed E-state index contributed by atoms with van der Waals surface area (Å²) in [5, 5.41) is 6.92. The minimum Gasteiger partial charge on any atom is -0.464 e. The molecule has 0 saturated carbocycles. The van der Waals surface area contributed by atoms with Crippen LogP contribution in [-0.2, 0) is 16.6 Å². The van der Waals surface area contributed by atoms with Crippen LogP contribution in [0.25, 0.3) is 0 Å². The van der Waals surface area contributed by atoms with Gasteiger partial charge in [-0.3, -0.25) is 19.2 Å². The van der Waals surface area contributed by atoms with Crippen molar-refractivity contribution in [3.63, 3.8) is 0 Å². The van der Waals surface area contributed by atoms with E-state index in [2.05, 4.69) is 20.1 Å². The first-order chi connectivity index (χ1) is 12.4. The summed E-state index contributed by atoms with van der Waals surface area (Å²) in [4.78, 5) is 42.2. The van der Waals surface area contributed by atoms with Crippen molar-refractivity contribution in [1.29, 1.82) is 0 Å². The second kappa shape index (κ2) is 6.95. The highest BCUT2D eigenvalue weighted by atomic mass is 16.5. The number of aryl methyl sites for hydroxylation is 2. The average molecular weight is 357 g/mol. The molecule has 1 fully saturated rings. The summed E-state index contributed by atoms with van der Waals surface area (Å²) in [6, 6.07) is 5.64. The minimum atomic E-state index is -0.652. The van der Waals surface area contributed by atoms with Crippen molar-refractivity contribution in [1.82, 2.24) is 20.1 Å². The van der Waals surface area contributed by atoms with Crippen LogP contribution in [0.15, 0.2) is 24.3 Å². The lowest BCUT2D eigenvalue weighted by Gasteiger charge is -2.16. The van der Waals surface area contributed by atoms with E-state index in [1.165, 1.54) is 25.3 Å². The summed E-state index contributed by atoms with van der Waals surface area (Å²) < 4.78 is 6.23. The molecule has 2 aromatic heterocycles. The Bertz CT molecular complexity index is 876. The van der Waals surface area contributed by atoms with E-state index in [-0.39, 0.29) is 17.3 Å². The number of nitrogens with zero attached hydrogens (tertiary/aromatic N) is 4. The Morgan fingerprint density at radius 3 is 2.69 bits per heavy atom. The van der Waals surface area contributed by atoms with Crippen molar-refractivity contribution in [2.45, 2.75) is 19.4 Å². The summed E-state index contributed by atoms with van der Waals surface area (Å²) >= 11 is 0. The normalized spacial score (nSPS) is 16.7. The molecule has 1 saturated heterocycles. The van der Waals surface area contributed by atoms with Crippen LogP contribution in [0.2, 0.25) is 0 Å². The van der Waals surface area contributed by atoms with Crippen molar-refractivity contribution in [3.8, 4) is 0 Å². The zero-order chi connectivity index (χ0) is 18.8. The summed E-state index contributed by atoms with van der Waals surface area (Å²) in [7, 11) is 3.01. The molecule has 1 aliphatic rings. The number of carbonyl (C=O) groups excluding carboxylic acids is 3. The fourth-order valence-corrected chi connectivity index (χ4v) is 2.90.